The second kappa shape index (κ2) is 8.95. The van der Waals surface area contributed by atoms with Crippen LogP contribution in [0.3, 0.4) is 0 Å². The number of carboxylic acids is 1. The number of nitriles is 1. The fourth-order valence-corrected chi connectivity index (χ4v) is 4.23. The van der Waals surface area contributed by atoms with Crippen LogP contribution in [0.2, 0.25) is 0 Å². The van der Waals surface area contributed by atoms with Gasteiger partial charge in [0, 0.05) is 6.42 Å². The third-order valence-corrected chi connectivity index (χ3v) is 6.57. The van der Waals surface area contributed by atoms with E-state index < -0.39 is 33.1 Å². The highest BCUT2D eigenvalue weighted by molar-refractivity contribution is 7.92. The fourth-order valence-electron chi connectivity index (χ4n) is 3.04. The Bertz CT molecular complexity index is 1280. The maximum atomic E-state index is 12.8. The molecule has 0 fully saturated rings. The van der Waals surface area contributed by atoms with E-state index in [1.807, 2.05) is 18.2 Å². The zero-order valence-electron chi connectivity index (χ0n) is 16.2. The summed E-state index contributed by atoms with van der Waals surface area (Å²) in [5.41, 5.74) is 6.68. The lowest BCUT2D eigenvalue weighted by atomic mass is 10.0. The summed E-state index contributed by atoms with van der Waals surface area (Å²) in [5, 5.41) is 20.0. The Morgan fingerprint density at radius 1 is 1.03 bits per heavy atom. The molecule has 1 amide bonds. The summed E-state index contributed by atoms with van der Waals surface area (Å²) in [6.07, 6.45) is -0.102. The molecule has 3 aromatic rings. The van der Waals surface area contributed by atoms with E-state index in [0.717, 1.165) is 5.39 Å². The third-order valence-electron chi connectivity index (χ3n) is 4.78. The summed E-state index contributed by atoms with van der Waals surface area (Å²) in [7, 11) is -4.25. The van der Waals surface area contributed by atoms with E-state index >= 15 is 0 Å². The minimum Gasteiger partial charge on any atom is -0.480 e. The molecule has 0 aliphatic heterocycles. The number of rotatable bonds is 7. The number of carboxylic acid groups (broad SMARTS) is 1. The first-order valence-corrected chi connectivity index (χ1v) is 10.8. The predicted octanol–water partition coefficient (Wildman–Crippen LogP) is 1.58. The Kier molecular flexibility index (Phi) is 6.34. The van der Waals surface area contributed by atoms with Crippen molar-refractivity contribution in [1.29, 1.82) is 5.26 Å². The lowest BCUT2D eigenvalue weighted by Gasteiger charge is -2.18. The van der Waals surface area contributed by atoms with Crippen molar-refractivity contribution in [3.05, 3.63) is 77.9 Å². The van der Waals surface area contributed by atoms with Crippen molar-refractivity contribution < 1.29 is 23.1 Å². The van der Waals surface area contributed by atoms with Gasteiger partial charge in [-0.05, 0) is 40.6 Å². The summed E-state index contributed by atoms with van der Waals surface area (Å²) in [5.74, 6) is -2.46. The standard InChI is InChI=1S/C22H19N3O5S/c23-13-15-7-5-14(6-8-15)11-19(22(27)28)25-21(26)20(24)31(29,30)18-10-9-16-3-1-2-4-17(16)12-18/h1-10,12,19-20H,11,24H2,(H,25,26)(H,27,28)/t19-,20?/m0/s1. The Hall–Kier alpha value is -3.74. The zero-order valence-corrected chi connectivity index (χ0v) is 17.0. The Morgan fingerprint density at radius 3 is 2.29 bits per heavy atom. The number of carbonyl (C=O) groups is 2. The second-order valence-electron chi connectivity index (χ2n) is 6.89. The lowest BCUT2D eigenvalue weighted by molar-refractivity contribution is -0.141. The number of nitrogens with two attached hydrogens (primary N) is 1. The minimum absolute atomic E-state index is 0.102. The van der Waals surface area contributed by atoms with Crippen LogP contribution < -0.4 is 11.1 Å². The molecule has 0 aromatic heterocycles. The van der Waals surface area contributed by atoms with Crippen molar-refractivity contribution in [2.24, 2.45) is 5.73 Å². The van der Waals surface area contributed by atoms with Crippen molar-refractivity contribution in [3.8, 4) is 6.07 Å². The van der Waals surface area contributed by atoms with Gasteiger partial charge in [-0.15, -0.1) is 0 Å². The molecule has 1 unspecified atom stereocenters. The number of amides is 1. The molecule has 0 spiro atoms. The number of sulfone groups is 1. The summed E-state index contributed by atoms with van der Waals surface area (Å²) >= 11 is 0. The molecule has 0 heterocycles. The molecule has 3 aromatic carbocycles. The summed E-state index contributed by atoms with van der Waals surface area (Å²) in [4.78, 5) is 24.0. The van der Waals surface area contributed by atoms with Crippen LogP contribution in [0.15, 0.2) is 71.6 Å². The molecule has 158 valence electrons. The Morgan fingerprint density at radius 2 is 1.68 bits per heavy atom. The SMILES string of the molecule is N#Cc1ccc(C[C@H](NC(=O)C(N)S(=O)(=O)c2ccc3ccccc3c2)C(=O)O)cc1. The molecular formula is C22H19N3O5S. The molecular weight excluding hydrogens is 418 g/mol. The maximum Gasteiger partial charge on any atom is 0.326 e. The van der Waals surface area contributed by atoms with Crippen LogP contribution in [0.5, 0.6) is 0 Å². The van der Waals surface area contributed by atoms with Crippen LogP contribution >= 0.6 is 0 Å². The minimum atomic E-state index is -4.25. The number of benzene rings is 3. The molecule has 3 rings (SSSR count). The number of carbonyl (C=O) groups excluding carboxylic acids is 1. The van der Waals surface area contributed by atoms with E-state index in [9.17, 15) is 23.1 Å². The number of aliphatic carboxylic acids is 1. The van der Waals surface area contributed by atoms with Gasteiger partial charge in [0.1, 0.15) is 6.04 Å². The molecule has 2 atom stereocenters. The van der Waals surface area contributed by atoms with Crippen molar-refractivity contribution in [2.45, 2.75) is 22.7 Å². The normalized spacial score (nSPS) is 13.2. The van der Waals surface area contributed by atoms with Crippen LogP contribution in [0.4, 0.5) is 0 Å². The highest BCUT2D eigenvalue weighted by Crippen LogP contribution is 2.21. The van der Waals surface area contributed by atoms with E-state index in [1.165, 1.54) is 24.3 Å². The van der Waals surface area contributed by atoms with Gasteiger partial charge < -0.3 is 16.2 Å². The first-order chi connectivity index (χ1) is 14.7. The van der Waals surface area contributed by atoms with Gasteiger partial charge in [0.25, 0.3) is 5.91 Å². The van der Waals surface area contributed by atoms with Crippen molar-refractivity contribution in [2.75, 3.05) is 0 Å². The molecule has 0 aliphatic rings. The number of nitrogens with one attached hydrogen (secondary N) is 1. The molecule has 0 bridgehead atoms. The first-order valence-electron chi connectivity index (χ1n) is 9.23. The number of hydrogen-bond donors (Lipinski definition) is 3. The zero-order chi connectivity index (χ0) is 22.6. The highest BCUT2D eigenvalue weighted by atomic mass is 32.2. The van der Waals surface area contributed by atoms with Crippen LogP contribution in [0, 0.1) is 11.3 Å². The topological polar surface area (TPSA) is 150 Å². The molecule has 0 saturated carbocycles. The molecule has 8 nitrogen and oxygen atoms in total. The monoisotopic (exact) mass is 437 g/mol. The molecule has 0 aliphatic carbocycles. The molecule has 0 radical (unpaired) electrons. The van der Waals surface area contributed by atoms with Crippen molar-refractivity contribution in [1.82, 2.24) is 5.32 Å². The highest BCUT2D eigenvalue weighted by Gasteiger charge is 2.33. The first kappa shape index (κ1) is 22.0. The van der Waals surface area contributed by atoms with E-state index in [4.69, 9.17) is 11.0 Å². The number of nitrogens with zero attached hydrogens (tertiary/aromatic N) is 1. The number of hydrogen-bond acceptors (Lipinski definition) is 6. The van der Waals surface area contributed by atoms with E-state index in [-0.39, 0.29) is 11.3 Å². The summed E-state index contributed by atoms with van der Waals surface area (Å²) in [6, 6.07) is 18.2. The molecule has 9 heteroatoms. The predicted molar refractivity (Wildman–Crippen MR) is 114 cm³/mol. The maximum absolute atomic E-state index is 12.8. The average molecular weight is 437 g/mol. The molecule has 4 N–H and O–H groups in total. The van der Waals surface area contributed by atoms with Crippen molar-refractivity contribution in [3.63, 3.8) is 0 Å². The van der Waals surface area contributed by atoms with Crippen LogP contribution in [-0.2, 0) is 25.8 Å². The van der Waals surface area contributed by atoms with Gasteiger partial charge in [-0.3, -0.25) is 4.79 Å². The van der Waals surface area contributed by atoms with Crippen LogP contribution in [-0.4, -0.2) is 36.8 Å². The average Bonchev–Trinajstić information content (AvgIpc) is 2.78. The van der Waals surface area contributed by atoms with Crippen molar-refractivity contribution >= 4 is 32.5 Å². The van der Waals surface area contributed by atoms with Crippen LogP contribution in [0.25, 0.3) is 10.8 Å². The van der Waals surface area contributed by atoms with Gasteiger partial charge in [-0.1, -0.05) is 42.5 Å². The number of fused-ring (bicyclic) bond motifs is 1. The van der Waals surface area contributed by atoms with E-state index in [0.29, 0.717) is 16.5 Å². The Labute approximate surface area is 178 Å². The summed E-state index contributed by atoms with van der Waals surface area (Å²) in [6.45, 7) is 0. The van der Waals surface area contributed by atoms with Gasteiger partial charge >= 0.3 is 5.97 Å². The van der Waals surface area contributed by atoms with E-state index in [2.05, 4.69) is 5.32 Å². The third kappa shape index (κ3) is 4.88. The molecule has 31 heavy (non-hydrogen) atoms. The fraction of sp³-hybridized carbons (Fsp3) is 0.136. The van der Waals surface area contributed by atoms with Gasteiger partial charge in [0.05, 0.1) is 16.5 Å². The quantitative estimate of drug-likeness (QED) is 0.508. The van der Waals surface area contributed by atoms with Gasteiger partial charge in [0.15, 0.2) is 5.37 Å². The lowest BCUT2D eigenvalue weighted by Crippen LogP contribution is -2.52. The van der Waals surface area contributed by atoms with E-state index in [1.54, 1.807) is 30.3 Å². The smallest absolute Gasteiger partial charge is 0.326 e. The van der Waals surface area contributed by atoms with Gasteiger partial charge in [-0.25, -0.2) is 13.2 Å². The largest absolute Gasteiger partial charge is 0.480 e. The summed E-state index contributed by atoms with van der Waals surface area (Å²) < 4.78 is 25.7. The van der Waals surface area contributed by atoms with Crippen LogP contribution in [0.1, 0.15) is 11.1 Å². The van der Waals surface area contributed by atoms with Gasteiger partial charge in [-0.2, -0.15) is 5.26 Å². The second-order valence-corrected chi connectivity index (χ2v) is 8.96. The Balaban J connectivity index is 1.78. The van der Waals surface area contributed by atoms with Gasteiger partial charge in [0.2, 0.25) is 9.84 Å². The molecule has 0 saturated heterocycles.